The first-order chi connectivity index (χ1) is 11.3. The summed E-state index contributed by atoms with van der Waals surface area (Å²) in [5.41, 5.74) is 2.95. The Balaban J connectivity index is 1.63. The van der Waals surface area contributed by atoms with Gasteiger partial charge in [0.1, 0.15) is 0 Å². The maximum Gasteiger partial charge on any atom is 0.250 e. The second kappa shape index (κ2) is 5.81. The van der Waals surface area contributed by atoms with E-state index in [-0.39, 0.29) is 0 Å². The van der Waals surface area contributed by atoms with E-state index in [4.69, 9.17) is 4.52 Å². The Morgan fingerprint density at radius 3 is 3.04 bits per heavy atom. The molecule has 0 saturated carbocycles. The third kappa shape index (κ3) is 2.68. The van der Waals surface area contributed by atoms with E-state index < -0.39 is 0 Å². The van der Waals surface area contributed by atoms with Crippen molar-refractivity contribution in [3.05, 3.63) is 52.8 Å². The van der Waals surface area contributed by atoms with Crippen molar-refractivity contribution in [1.29, 1.82) is 0 Å². The molecule has 6 heteroatoms. The number of fused-ring (bicyclic) bond motifs is 1. The molecule has 4 aromatic rings. The van der Waals surface area contributed by atoms with Gasteiger partial charge in [-0.05, 0) is 42.6 Å². The highest BCUT2D eigenvalue weighted by molar-refractivity contribution is 7.10. The van der Waals surface area contributed by atoms with Crippen LogP contribution in [0.1, 0.15) is 17.7 Å². The highest BCUT2D eigenvalue weighted by Crippen LogP contribution is 2.22. The van der Waals surface area contributed by atoms with Gasteiger partial charge in [0.2, 0.25) is 5.82 Å². The van der Waals surface area contributed by atoms with Gasteiger partial charge in [-0.25, -0.2) is 4.98 Å². The number of hydrogen-bond donors (Lipinski definition) is 0. The number of benzene rings is 1. The quantitative estimate of drug-likeness (QED) is 0.561. The molecular weight excluding hydrogens is 308 g/mol. The predicted octanol–water partition coefficient (Wildman–Crippen LogP) is 4.34. The Labute approximate surface area is 136 Å². The summed E-state index contributed by atoms with van der Waals surface area (Å²) in [5, 5.41) is 6.08. The van der Waals surface area contributed by atoms with Crippen molar-refractivity contribution in [2.24, 2.45) is 0 Å². The molecule has 3 aromatic heterocycles. The summed E-state index contributed by atoms with van der Waals surface area (Å²) in [7, 11) is 0. The van der Waals surface area contributed by atoms with E-state index in [9.17, 15) is 0 Å². The van der Waals surface area contributed by atoms with Crippen molar-refractivity contribution in [2.75, 3.05) is 0 Å². The molecular formula is C17H14N4OS. The summed E-state index contributed by atoms with van der Waals surface area (Å²) >= 11 is 1.66. The smallest absolute Gasteiger partial charge is 0.250 e. The Kier molecular flexibility index (Phi) is 3.51. The van der Waals surface area contributed by atoms with Crippen molar-refractivity contribution in [3.8, 4) is 11.4 Å². The van der Waals surface area contributed by atoms with Gasteiger partial charge in [-0.2, -0.15) is 4.98 Å². The molecule has 114 valence electrons. The monoisotopic (exact) mass is 322 g/mol. The third-order valence-corrected chi connectivity index (χ3v) is 4.43. The van der Waals surface area contributed by atoms with Crippen LogP contribution < -0.4 is 0 Å². The summed E-state index contributed by atoms with van der Waals surface area (Å²) in [6, 6.07) is 10.1. The average Bonchev–Trinajstić information content (AvgIpc) is 3.32. The summed E-state index contributed by atoms with van der Waals surface area (Å²) in [4.78, 5) is 9.99. The van der Waals surface area contributed by atoms with Crippen LogP contribution in [0.4, 0.5) is 0 Å². The normalized spacial score (nSPS) is 11.7. The highest BCUT2D eigenvalue weighted by atomic mass is 32.1. The van der Waals surface area contributed by atoms with Crippen LogP contribution in [0.3, 0.4) is 0 Å². The molecule has 5 nitrogen and oxygen atoms in total. The van der Waals surface area contributed by atoms with Crippen molar-refractivity contribution in [2.45, 2.75) is 13.5 Å². The van der Waals surface area contributed by atoms with E-state index in [1.165, 1.54) is 0 Å². The predicted molar refractivity (Wildman–Crippen MR) is 91.9 cm³/mol. The number of nitrogens with zero attached hydrogens (tertiary/aromatic N) is 4. The zero-order valence-corrected chi connectivity index (χ0v) is 13.3. The fraction of sp³-hybridized carbons (Fsp3) is 0.118. The third-order valence-electron chi connectivity index (χ3n) is 3.60. The molecule has 0 aliphatic rings. The van der Waals surface area contributed by atoms with Crippen molar-refractivity contribution in [1.82, 2.24) is 19.7 Å². The van der Waals surface area contributed by atoms with Gasteiger partial charge in [-0.1, -0.05) is 11.2 Å². The van der Waals surface area contributed by atoms with E-state index in [0.29, 0.717) is 11.7 Å². The fourth-order valence-electron chi connectivity index (χ4n) is 2.41. The molecule has 0 bridgehead atoms. The maximum atomic E-state index is 5.29. The van der Waals surface area contributed by atoms with Crippen LogP contribution in [-0.4, -0.2) is 19.7 Å². The zero-order valence-electron chi connectivity index (χ0n) is 12.5. The number of thiophene rings is 1. The molecule has 4 rings (SSSR count). The molecule has 0 fully saturated rings. The van der Waals surface area contributed by atoms with Gasteiger partial charge in [0.15, 0.2) is 0 Å². The first-order valence-electron chi connectivity index (χ1n) is 7.34. The molecule has 0 N–H and O–H groups in total. The van der Waals surface area contributed by atoms with Crippen molar-refractivity contribution in [3.63, 3.8) is 0 Å². The largest absolute Gasteiger partial charge is 0.334 e. The lowest BCUT2D eigenvalue weighted by Crippen LogP contribution is -1.90. The van der Waals surface area contributed by atoms with E-state index in [0.717, 1.165) is 28.0 Å². The second-order valence-electron chi connectivity index (χ2n) is 5.04. The van der Waals surface area contributed by atoms with Gasteiger partial charge in [0, 0.05) is 23.1 Å². The van der Waals surface area contributed by atoms with Crippen molar-refractivity contribution < 1.29 is 4.52 Å². The standard InChI is InChI=1S/C17H14N4OS/c1-2-21-11-18-14-10-12(5-7-15(14)21)17-19-16(22-20-17)8-6-13-4-3-9-23-13/h3-11H,2H2,1H3/b8-6+. The number of rotatable bonds is 4. The Bertz CT molecular complexity index is 966. The Hall–Kier alpha value is -2.73. The summed E-state index contributed by atoms with van der Waals surface area (Å²) in [6.45, 7) is 3.00. The number of hydrogen-bond acceptors (Lipinski definition) is 5. The van der Waals surface area contributed by atoms with Gasteiger partial charge in [0.05, 0.1) is 17.4 Å². The van der Waals surface area contributed by atoms with Gasteiger partial charge in [-0.15, -0.1) is 11.3 Å². The van der Waals surface area contributed by atoms with Crippen LogP contribution in [0.25, 0.3) is 34.6 Å². The van der Waals surface area contributed by atoms with E-state index in [2.05, 4.69) is 26.6 Å². The van der Waals surface area contributed by atoms with Crippen LogP contribution >= 0.6 is 11.3 Å². The maximum absolute atomic E-state index is 5.29. The lowest BCUT2D eigenvalue weighted by atomic mass is 10.2. The molecule has 0 atom stereocenters. The molecule has 1 aromatic carbocycles. The molecule has 0 unspecified atom stereocenters. The molecule has 0 aliphatic carbocycles. The minimum atomic E-state index is 0.493. The molecule has 0 spiro atoms. The van der Waals surface area contributed by atoms with Gasteiger partial charge in [0.25, 0.3) is 5.89 Å². The summed E-state index contributed by atoms with van der Waals surface area (Å²) < 4.78 is 7.39. The van der Waals surface area contributed by atoms with Crippen LogP contribution in [0, 0.1) is 0 Å². The zero-order chi connectivity index (χ0) is 15.6. The van der Waals surface area contributed by atoms with Crippen molar-refractivity contribution >= 4 is 34.5 Å². The molecule has 3 heterocycles. The minimum absolute atomic E-state index is 0.493. The van der Waals surface area contributed by atoms with Gasteiger partial charge >= 0.3 is 0 Å². The topological polar surface area (TPSA) is 56.7 Å². The number of aromatic nitrogens is 4. The van der Waals surface area contributed by atoms with E-state index in [1.54, 1.807) is 11.3 Å². The Morgan fingerprint density at radius 1 is 1.26 bits per heavy atom. The summed E-state index contributed by atoms with van der Waals surface area (Å²) in [6.07, 6.45) is 5.64. The molecule has 0 amide bonds. The van der Waals surface area contributed by atoms with Crippen LogP contribution in [0.2, 0.25) is 0 Å². The SMILES string of the molecule is CCn1cnc2cc(-c3noc(/C=C/c4cccs4)n3)ccc21. The fourth-order valence-corrected chi connectivity index (χ4v) is 3.03. The number of aryl methyl sites for hydroxylation is 1. The van der Waals surface area contributed by atoms with Crippen LogP contribution in [-0.2, 0) is 6.54 Å². The first-order valence-corrected chi connectivity index (χ1v) is 8.22. The van der Waals surface area contributed by atoms with Crippen LogP contribution in [0.5, 0.6) is 0 Å². The molecule has 0 radical (unpaired) electrons. The number of imidazole rings is 1. The lowest BCUT2D eigenvalue weighted by Gasteiger charge is -1.99. The minimum Gasteiger partial charge on any atom is -0.334 e. The second-order valence-corrected chi connectivity index (χ2v) is 6.02. The molecule has 0 saturated heterocycles. The average molecular weight is 322 g/mol. The van der Waals surface area contributed by atoms with E-state index >= 15 is 0 Å². The summed E-state index contributed by atoms with van der Waals surface area (Å²) in [5.74, 6) is 1.07. The molecule has 23 heavy (non-hydrogen) atoms. The van der Waals surface area contributed by atoms with E-state index in [1.807, 2.05) is 54.2 Å². The Morgan fingerprint density at radius 2 is 2.22 bits per heavy atom. The lowest BCUT2D eigenvalue weighted by molar-refractivity contribution is 0.411. The van der Waals surface area contributed by atoms with Gasteiger partial charge < -0.3 is 9.09 Å². The highest BCUT2D eigenvalue weighted by Gasteiger charge is 2.09. The van der Waals surface area contributed by atoms with Gasteiger partial charge in [-0.3, -0.25) is 0 Å². The molecule has 0 aliphatic heterocycles. The first kappa shape index (κ1) is 13.9. The van der Waals surface area contributed by atoms with Crippen LogP contribution in [0.15, 0.2) is 46.6 Å².